The predicted octanol–water partition coefficient (Wildman–Crippen LogP) is 5.58. The average Bonchev–Trinajstić information content (AvgIpc) is 2.98. The Morgan fingerprint density at radius 2 is 1.80 bits per heavy atom. The molecule has 3 aromatic rings. The number of carbonyl (C=O) groups excluding carboxylic acids is 2. The minimum absolute atomic E-state index is 0.244. The summed E-state index contributed by atoms with van der Waals surface area (Å²) >= 11 is 1.53. The summed E-state index contributed by atoms with van der Waals surface area (Å²) in [6.07, 6.45) is 3.68. The molecule has 0 saturated heterocycles. The van der Waals surface area contributed by atoms with E-state index in [1.807, 2.05) is 24.3 Å². The summed E-state index contributed by atoms with van der Waals surface area (Å²) in [5.74, 6) is 0.757. The summed E-state index contributed by atoms with van der Waals surface area (Å²) in [7, 11) is 0. The van der Waals surface area contributed by atoms with Crippen LogP contribution in [0.2, 0.25) is 0 Å². The van der Waals surface area contributed by atoms with Gasteiger partial charge >= 0.3 is 5.97 Å². The third-order valence-electron chi connectivity index (χ3n) is 5.52. The van der Waals surface area contributed by atoms with E-state index in [4.69, 9.17) is 9.47 Å². The normalized spacial score (nSPS) is 14.4. The Kier molecular flexibility index (Phi) is 7.97. The second-order valence-corrected chi connectivity index (χ2v) is 9.23. The largest absolute Gasteiger partial charge is 0.447 e. The molecule has 1 atom stereocenters. The van der Waals surface area contributed by atoms with E-state index in [0.29, 0.717) is 33.4 Å². The van der Waals surface area contributed by atoms with Crippen molar-refractivity contribution < 1.29 is 19.1 Å². The lowest BCUT2D eigenvalue weighted by Crippen LogP contribution is -2.36. The summed E-state index contributed by atoms with van der Waals surface area (Å²) in [6, 6.07) is 14.4. The monoisotopic (exact) mass is 492 g/mol. The van der Waals surface area contributed by atoms with Crippen molar-refractivity contribution in [2.75, 3.05) is 10.7 Å². The van der Waals surface area contributed by atoms with Crippen molar-refractivity contribution in [1.29, 1.82) is 0 Å². The molecule has 4 rings (SSSR count). The molecule has 0 aliphatic carbocycles. The number of amides is 1. The lowest BCUT2D eigenvalue weighted by atomic mass is 10.1. The van der Waals surface area contributed by atoms with Gasteiger partial charge in [0, 0.05) is 25.2 Å². The number of benzene rings is 2. The number of anilines is 1. The minimum Gasteiger partial charge on any atom is -0.447 e. The number of fused-ring (bicyclic) bond motifs is 3. The molecule has 9 heteroatoms. The van der Waals surface area contributed by atoms with Gasteiger partial charge in [0.15, 0.2) is 5.69 Å². The lowest BCUT2D eigenvalue weighted by molar-refractivity contribution is -0.132. The summed E-state index contributed by atoms with van der Waals surface area (Å²) in [5, 5.41) is 9.29. The van der Waals surface area contributed by atoms with Gasteiger partial charge in [-0.2, -0.15) is 4.98 Å². The number of nitrogens with zero attached hydrogens (tertiary/aromatic N) is 4. The number of esters is 1. The van der Waals surface area contributed by atoms with Crippen LogP contribution in [0.5, 0.6) is 11.6 Å². The fourth-order valence-electron chi connectivity index (χ4n) is 3.94. The predicted molar refractivity (Wildman–Crippen MR) is 134 cm³/mol. The smallest absolute Gasteiger partial charge is 0.308 e. The maximum Gasteiger partial charge on any atom is 0.308 e. The molecule has 1 unspecified atom stereocenters. The number of hydrogen-bond donors (Lipinski definition) is 0. The minimum atomic E-state index is -0.926. The van der Waals surface area contributed by atoms with Crippen molar-refractivity contribution in [3.8, 4) is 22.9 Å². The molecule has 1 aromatic heterocycles. The van der Waals surface area contributed by atoms with Crippen LogP contribution in [0.4, 0.5) is 5.69 Å². The molecule has 0 bridgehead atoms. The molecule has 2 heterocycles. The van der Waals surface area contributed by atoms with Gasteiger partial charge in [0.2, 0.25) is 23.2 Å². The molecule has 8 nitrogen and oxygen atoms in total. The number of carbonyl (C=O) groups is 2. The Hall–Kier alpha value is -3.46. The number of unbranched alkanes of at least 4 members (excludes halogenated alkanes) is 3. The molecular weight excluding hydrogens is 464 g/mol. The number of ether oxygens (including phenoxy) is 2. The van der Waals surface area contributed by atoms with E-state index in [0.717, 1.165) is 18.6 Å². The maximum atomic E-state index is 13.0. The molecule has 0 radical (unpaired) electrons. The summed E-state index contributed by atoms with van der Waals surface area (Å²) in [6.45, 7) is 4.98. The molecule has 182 valence electrons. The highest BCUT2D eigenvalue weighted by Crippen LogP contribution is 2.44. The second-order valence-electron chi connectivity index (χ2n) is 8.17. The first-order chi connectivity index (χ1) is 17.0. The van der Waals surface area contributed by atoms with Crippen LogP contribution in [0.25, 0.3) is 11.3 Å². The van der Waals surface area contributed by atoms with Crippen LogP contribution in [0.15, 0.2) is 53.7 Å². The van der Waals surface area contributed by atoms with Crippen LogP contribution in [-0.4, -0.2) is 32.8 Å². The van der Waals surface area contributed by atoms with Crippen LogP contribution < -0.4 is 14.4 Å². The van der Waals surface area contributed by atoms with Gasteiger partial charge < -0.3 is 9.47 Å². The van der Waals surface area contributed by atoms with Gasteiger partial charge in [0.1, 0.15) is 5.75 Å². The first-order valence-electron chi connectivity index (χ1n) is 11.7. The third kappa shape index (κ3) is 5.62. The molecule has 0 fully saturated rings. The quantitative estimate of drug-likeness (QED) is 0.174. The zero-order valence-electron chi connectivity index (χ0n) is 20.1. The zero-order valence-corrected chi connectivity index (χ0v) is 20.9. The number of thioether (sulfide) groups is 1. The molecule has 0 saturated carbocycles. The van der Waals surface area contributed by atoms with E-state index in [1.165, 1.54) is 43.4 Å². The van der Waals surface area contributed by atoms with Gasteiger partial charge in [-0.15, -0.1) is 10.2 Å². The average molecular weight is 493 g/mol. The van der Waals surface area contributed by atoms with Crippen LogP contribution >= 0.6 is 11.8 Å². The molecule has 35 heavy (non-hydrogen) atoms. The van der Waals surface area contributed by atoms with E-state index in [1.54, 1.807) is 24.3 Å². The van der Waals surface area contributed by atoms with Crippen LogP contribution in [0.3, 0.4) is 0 Å². The van der Waals surface area contributed by atoms with Crippen LogP contribution in [0, 0.1) is 0 Å². The highest BCUT2D eigenvalue weighted by Gasteiger charge is 2.36. The van der Waals surface area contributed by atoms with E-state index in [9.17, 15) is 9.59 Å². The van der Waals surface area contributed by atoms with E-state index >= 15 is 0 Å². The Balaban J connectivity index is 1.78. The summed E-state index contributed by atoms with van der Waals surface area (Å²) in [4.78, 5) is 30.9. The van der Waals surface area contributed by atoms with E-state index in [-0.39, 0.29) is 11.8 Å². The Bertz CT molecular complexity index is 1220. The highest BCUT2D eigenvalue weighted by molar-refractivity contribution is 7.99. The fourth-order valence-corrected chi connectivity index (χ4v) is 4.72. The number of aromatic nitrogens is 3. The first-order valence-corrected chi connectivity index (χ1v) is 12.7. The molecule has 1 aliphatic heterocycles. The van der Waals surface area contributed by atoms with Crippen molar-refractivity contribution in [1.82, 2.24) is 15.2 Å². The van der Waals surface area contributed by atoms with Crippen molar-refractivity contribution in [2.45, 2.75) is 57.8 Å². The molecular formula is C26H28N4O4S. The Morgan fingerprint density at radius 1 is 1.03 bits per heavy atom. The highest BCUT2D eigenvalue weighted by atomic mass is 32.2. The van der Waals surface area contributed by atoms with Gasteiger partial charge in [0.05, 0.1) is 11.3 Å². The van der Waals surface area contributed by atoms with Gasteiger partial charge in [-0.3, -0.25) is 14.5 Å². The maximum absolute atomic E-state index is 13.0. The van der Waals surface area contributed by atoms with E-state index in [2.05, 4.69) is 22.1 Å². The van der Waals surface area contributed by atoms with Gasteiger partial charge in [-0.05, 0) is 24.6 Å². The molecule has 1 aliphatic rings. The Labute approximate surface area is 209 Å². The van der Waals surface area contributed by atoms with Gasteiger partial charge in [0.25, 0.3) is 0 Å². The number of hydrogen-bond acceptors (Lipinski definition) is 8. The van der Waals surface area contributed by atoms with Crippen molar-refractivity contribution in [2.24, 2.45) is 0 Å². The third-order valence-corrected chi connectivity index (χ3v) is 6.44. The number of para-hydroxylation sites is 2. The van der Waals surface area contributed by atoms with Crippen LogP contribution in [0.1, 0.15) is 58.2 Å². The lowest BCUT2D eigenvalue weighted by Gasteiger charge is -2.30. The topological polar surface area (TPSA) is 94.5 Å². The zero-order chi connectivity index (χ0) is 24.8. The van der Waals surface area contributed by atoms with Crippen molar-refractivity contribution >= 4 is 29.3 Å². The summed E-state index contributed by atoms with van der Waals surface area (Å²) < 4.78 is 11.8. The van der Waals surface area contributed by atoms with E-state index < -0.39 is 12.2 Å². The summed E-state index contributed by atoms with van der Waals surface area (Å²) in [5.41, 5.74) is 2.27. The molecule has 0 spiro atoms. The fraction of sp³-hybridized carbons (Fsp3) is 0.346. The van der Waals surface area contributed by atoms with Crippen LogP contribution in [-0.2, 0) is 9.59 Å². The number of rotatable bonds is 8. The van der Waals surface area contributed by atoms with Gasteiger partial charge in [-0.25, -0.2) is 0 Å². The Morgan fingerprint density at radius 3 is 2.57 bits per heavy atom. The van der Waals surface area contributed by atoms with Crippen molar-refractivity contribution in [3.05, 3.63) is 54.1 Å². The second kappa shape index (κ2) is 11.3. The SMILES string of the molecule is CCCCCCSc1nnc2c(n1)OC(c1ccccc1OC(C)=O)N(C(C)=O)c1ccccc1-2. The standard InChI is InChI=1S/C26H28N4O4S/c1-4-5-6-11-16-35-26-27-24-23(28-29-26)19-12-7-9-14-21(19)30(17(2)31)25(34-24)20-13-8-10-15-22(20)33-18(3)32/h7-10,12-15,25H,4-6,11,16H2,1-3H3. The molecule has 0 N–H and O–H groups in total. The first kappa shape index (κ1) is 24.7. The van der Waals surface area contributed by atoms with Crippen molar-refractivity contribution in [3.63, 3.8) is 0 Å². The molecule has 2 aromatic carbocycles. The molecule has 1 amide bonds. The van der Waals surface area contributed by atoms with Gasteiger partial charge in [-0.1, -0.05) is 68.3 Å².